The monoisotopic (exact) mass is 425 g/mol. The van der Waals surface area contributed by atoms with E-state index in [0.717, 1.165) is 5.69 Å². The Hall–Kier alpha value is -2.79. The highest BCUT2D eigenvalue weighted by atomic mass is 32.2. The summed E-state index contributed by atoms with van der Waals surface area (Å²) in [7, 11) is 0. The molecule has 2 heterocycles. The molecule has 1 N–H and O–H groups in total. The Bertz CT molecular complexity index is 982. The lowest BCUT2D eigenvalue weighted by atomic mass is 10.1. The van der Waals surface area contributed by atoms with Crippen molar-refractivity contribution in [2.45, 2.75) is 52.1 Å². The fourth-order valence-electron chi connectivity index (χ4n) is 3.31. The van der Waals surface area contributed by atoms with E-state index in [4.69, 9.17) is 5.26 Å². The lowest BCUT2D eigenvalue weighted by Crippen LogP contribution is -2.44. The molecule has 30 heavy (non-hydrogen) atoms. The van der Waals surface area contributed by atoms with Crippen molar-refractivity contribution in [3.05, 3.63) is 47.3 Å². The molecule has 1 fully saturated rings. The Morgan fingerprint density at radius 2 is 1.93 bits per heavy atom. The van der Waals surface area contributed by atoms with E-state index in [1.807, 2.05) is 16.8 Å². The van der Waals surface area contributed by atoms with Crippen LogP contribution in [0.1, 0.15) is 62.3 Å². The van der Waals surface area contributed by atoms with Crippen LogP contribution in [0.5, 0.6) is 0 Å². The molecule has 1 aliphatic heterocycles. The van der Waals surface area contributed by atoms with E-state index in [9.17, 15) is 9.59 Å². The maximum absolute atomic E-state index is 13.2. The van der Waals surface area contributed by atoms with Crippen molar-refractivity contribution in [1.82, 2.24) is 14.7 Å². The topological polar surface area (TPSA) is 91.0 Å². The van der Waals surface area contributed by atoms with Crippen LogP contribution in [-0.2, 0) is 10.3 Å². The van der Waals surface area contributed by atoms with E-state index in [-0.39, 0.29) is 23.3 Å². The summed E-state index contributed by atoms with van der Waals surface area (Å²) in [6.45, 7) is 10.3. The lowest BCUT2D eigenvalue weighted by molar-refractivity contribution is -0.119. The minimum atomic E-state index is -0.569. The number of anilines is 1. The molecular formula is C22H27N5O2S. The second-order valence-electron chi connectivity index (χ2n) is 8.66. The van der Waals surface area contributed by atoms with Crippen molar-refractivity contribution in [1.29, 1.82) is 5.26 Å². The number of rotatable bonds is 4. The van der Waals surface area contributed by atoms with Crippen molar-refractivity contribution < 1.29 is 9.59 Å². The van der Waals surface area contributed by atoms with E-state index >= 15 is 0 Å². The molecule has 1 aromatic carbocycles. The molecule has 0 spiro atoms. The zero-order chi connectivity index (χ0) is 22.1. The highest BCUT2D eigenvalue weighted by Gasteiger charge is 2.37. The molecule has 2 amide bonds. The van der Waals surface area contributed by atoms with Gasteiger partial charge in [0.05, 0.1) is 23.0 Å². The van der Waals surface area contributed by atoms with Gasteiger partial charge in [0.1, 0.15) is 6.04 Å². The number of carbonyl (C=O) groups is 2. The van der Waals surface area contributed by atoms with Gasteiger partial charge in [-0.25, -0.2) is 0 Å². The van der Waals surface area contributed by atoms with Crippen LogP contribution in [0.4, 0.5) is 5.69 Å². The molecule has 7 nitrogen and oxygen atoms in total. The van der Waals surface area contributed by atoms with Gasteiger partial charge in [0.25, 0.3) is 5.91 Å². The van der Waals surface area contributed by atoms with Crippen molar-refractivity contribution in [2.24, 2.45) is 0 Å². The first-order valence-corrected chi connectivity index (χ1v) is 11.1. The molecule has 2 aromatic rings. The number of carbonyl (C=O) groups excluding carboxylic acids is 2. The molecule has 1 atom stereocenters. The Kier molecular flexibility index (Phi) is 6.22. The van der Waals surface area contributed by atoms with E-state index in [2.05, 4.69) is 45.0 Å². The van der Waals surface area contributed by atoms with Crippen LogP contribution >= 0.6 is 11.8 Å². The number of thioether (sulfide) groups is 1. The molecule has 3 rings (SSSR count). The van der Waals surface area contributed by atoms with Gasteiger partial charge < -0.3 is 10.2 Å². The van der Waals surface area contributed by atoms with Gasteiger partial charge in [-0.05, 0) is 57.0 Å². The summed E-state index contributed by atoms with van der Waals surface area (Å²) in [6.07, 6.45) is 0. The number of hydrogen-bond donors (Lipinski definition) is 1. The fraction of sp³-hybridized carbons (Fsp3) is 0.455. The van der Waals surface area contributed by atoms with Crippen molar-refractivity contribution in [3.8, 4) is 6.07 Å². The predicted octanol–water partition coefficient (Wildman–Crippen LogP) is 3.79. The molecule has 158 valence electrons. The average molecular weight is 426 g/mol. The fourth-order valence-corrected chi connectivity index (χ4v) is 4.46. The number of nitrogens with zero attached hydrogens (tertiary/aromatic N) is 4. The second kappa shape index (κ2) is 8.52. The smallest absolute Gasteiger partial charge is 0.275 e. The van der Waals surface area contributed by atoms with Crippen LogP contribution in [0.3, 0.4) is 0 Å². The van der Waals surface area contributed by atoms with Crippen LogP contribution < -0.4 is 5.32 Å². The van der Waals surface area contributed by atoms with Crippen LogP contribution in [0.15, 0.2) is 30.3 Å². The van der Waals surface area contributed by atoms with Crippen LogP contribution in [-0.4, -0.2) is 44.2 Å². The van der Waals surface area contributed by atoms with Crippen molar-refractivity contribution >= 4 is 29.3 Å². The van der Waals surface area contributed by atoms with Gasteiger partial charge in [-0.2, -0.15) is 10.4 Å². The molecule has 0 saturated carbocycles. The van der Waals surface area contributed by atoms with Gasteiger partial charge in [-0.3, -0.25) is 14.3 Å². The Morgan fingerprint density at radius 3 is 2.47 bits per heavy atom. The second-order valence-corrected chi connectivity index (χ2v) is 9.66. The van der Waals surface area contributed by atoms with E-state index < -0.39 is 6.04 Å². The summed E-state index contributed by atoms with van der Waals surface area (Å²) in [5.41, 5.74) is 2.24. The number of nitrogens with one attached hydrogen (secondary N) is 1. The molecule has 1 saturated heterocycles. The number of hydrogen-bond acceptors (Lipinski definition) is 5. The predicted molar refractivity (Wildman–Crippen MR) is 118 cm³/mol. The van der Waals surface area contributed by atoms with Crippen LogP contribution in [0.2, 0.25) is 0 Å². The van der Waals surface area contributed by atoms with Crippen LogP contribution in [0.25, 0.3) is 0 Å². The normalized spacial score (nSPS) is 16.6. The summed E-state index contributed by atoms with van der Waals surface area (Å²) >= 11 is 1.55. The van der Waals surface area contributed by atoms with Crippen molar-refractivity contribution in [3.63, 3.8) is 0 Å². The number of amides is 2. The maximum Gasteiger partial charge on any atom is 0.275 e. The van der Waals surface area contributed by atoms with Gasteiger partial charge in [0.2, 0.25) is 5.91 Å². The summed E-state index contributed by atoms with van der Waals surface area (Å²) in [6, 6.07) is 9.99. The zero-order valence-corrected chi connectivity index (χ0v) is 18.8. The summed E-state index contributed by atoms with van der Waals surface area (Å²) in [4.78, 5) is 27.7. The number of aromatic nitrogens is 2. The largest absolute Gasteiger partial charge is 0.324 e. The zero-order valence-electron chi connectivity index (χ0n) is 18.0. The highest BCUT2D eigenvalue weighted by molar-refractivity contribution is 7.99. The third kappa shape index (κ3) is 4.51. The number of nitriles is 1. The van der Waals surface area contributed by atoms with Gasteiger partial charge in [-0.1, -0.05) is 13.8 Å². The third-order valence-electron chi connectivity index (χ3n) is 4.91. The van der Waals surface area contributed by atoms with E-state index in [0.29, 0.717) is 28.6 Å². The maximum atomic E-state index is 13.2. The highest BCUT2D eigenvalue weighted by Crippen LogP contribution is 2.27. The first-order valence-electron chi connectivity index (χ1n) is 9.92. The minimum Gasteiger partial charge on any atom is -0.324 e. The van der Waals surface area contributed by atoms with Crippen molar-refractivity contribution in [2.75, 3.05) is 16.9 Å². The van der Waals surface area contributed by atoms with Gasteiger partial charge in [-0.15, -0.1) is 11.8 Å². The Labute approximate surface area is 181 Å². The van der Waals surface area contributed by atoms with Gasteiger partial charge in [0.15, 0.2) is 5.69 Å². The molecule has 1 aromatic heterocycles. The van der Waals surface area contributed by atoms with Crippen LogP contribution in [0, 0.1) is 11.3 Å². The molecule has 8 heteroatoms. The number of benzene rings is 1. The first-order chi connectivity index (χ1) is 14.1. The Morgan fingerprint density at radius 1 is 1.27 bits per heavy atom. The van der Waals surface area contributed by atoms with E-state index in [1.165, 1.54) is 0 Å². The average Bonchev–Trinajstić information content (AvgIpc) is 3.35. The van der Waals surface area contributed by atoms with E-state index in [1.54, 1.807) is 40.9 Å². The molecule has 1 unspecified atom stereocenters. The first kappa shape index (κ1) is 21.9. The molecule has 0 bridgehead atoms. The quantitative estimate of drug-likeness (QED) is 0.805. The Balaban J connectivity index is 1.80. The minimum absolute atomic E-state index is 0.224. The third-order valence-corrected chi connectivity index (χ3v) is 5.92. The standard InChI is InChI=1S/C22H27N5O2S/c1-14(2)18-10-17(25-27(18)22(3,4)5)21(29)26-13-30-12-19(26)20(28)24-16-8-6-15(11-23)7-9-16/h6-10,14,19H,12-13H2,1-5H3,(H,24,28). The summed E-state index contributed by atoms with van der Waals surface area (Å²) < 4.78 is 1.90. The molecule has 1 aliphatic rings. The SMILES string of the molecule is CC(C)c1cc(C(=O)N2CSCC2C(=O)Nc2ccc(C#N)cc2)nn1C(C)(C)C. The molecule has 0 radical (unpaired) electrons. The molecular weight excluding hydrogens is 398 g/mol. The lowest BCUT2D eigenvalue weighted by Gasteiger charge is -2.24. The summed E-state index contributed by atoms with van der Waals surface area (Å²) in [5.74, 6) is 0.734. The summed E-state index contributed by atoms with van der Waals surface area (Å²) in [5, 5.41) is 16.3. The molecule has 0 aliphatic carbocycles. The van der Waals surface area contributed by atoms with Gasteiger partial charge >= 0.3 is 0 Å². The van der Waals surface area contributed by atoms with Gasteiger partial charge in [0, 0.05) is 17.1 Å².